The van der Waals surface area contributed by atoms with Gasteiger partial charge in [-0.15, -0.1) is 0 Å². The molecule has 0 spiro atoms. The standard InChI is InChI=1S/C15H14BrN3/c16-9-3-4-10-11-5-7-18-15(12-2-1-6-17-12)14(11)19-13(10)8-9/h3-5,7-8,12,17,19H,1-2,6H2. The normalized spacial score (nSPS) is 19.5. The summed E-state index contributed by atoms with van der Waals surface area (Å²) < 4.78 is 1.10. The molecule has 0 amide bonds. The molecular formula is C15H14BrN3. The minimum absolute atomic E-state index is 0.389. The fourth-order valence-electron chi connectivity index (χ4n) is 3.01. The third-order valence-electron chi connectivity index (χ3n) is 3.90. The van der Waals surface area contributed by atoms with Gasteiger partial charge in [0.25, 0.3) is 0 Å². The second-order valence-electron chi connectivity index (χ2n) is 5.08. The smallest absolute Gasteiger partial charge is 0.0813 e. The van der Waals surface area contributed by atoms with Crippen LogP contribution in [0.2, 0.25) is 0 Å². The van der Waals surface area contributed by atoms with Gasteiger partial charge in [-0.3, -0.25) is 4.98 Å². The molecule has 0 radical (unpaired) electrons. The van der Waals surface area contributed by atoms with Crippen LogP contribution in [-0.4, -0.2) is 16.5 Å². The Morgan fingerprint density at radius 2 is 2.16 bits per heavy atom. The van der Waals surface area contributed by atoms with Crippen LogP contribution in [0.15, 0.2) is 34.9 Å². The lowest BCUT2D eigenvalue weighted by atomic mass is 10.1. The van der Waals surface area contributed by atoms with Gasteiger partial charge in [0.15, 0.2) is 0 Å². The summed E-state index contributed by atoms with van der Waals surface area (Å²) in [6.45, 7) is 1.09. The van der Waals surface area contributed by atoms with Crippen molar-refractivity contribution in [3.05, 3.63) is 40.6 Å². The molecule has 2 aromatic heterocycles. The molecule has 1 aliphatic heterocycles. The second-order valence-corrected chi connectivity index (χ2v) is 6.00. The quantitative estimate of drug-likeness (QED) is 0.715. The van der Waals surface area contributed by atoms with Crippen molar-refractivity contribution >= 4 is 37.7 Å². The number of hydrogen-bond donors (Lipinski definition) is 2. The van der Waals surface area contributed by atoms with Crippen LogP contribution in [0, 0.1) is 0 Å². The van der Waals surface area contributed by atoms with Crippen molar-refractivity contribution in [1.29, 1.82) is 0 Å². The Hall–Kier alpha value is -1.39. The summed E-state index contributed by atoms with van der Waals surface area (Å²) in [5.74, 6) is 0. The molecule has 4 heteroatoms. The molecule has 4 rings (SSSR count). The predicted molar refractivity (Wildman–Crippen MR) is 81.3 cm³/mol. The first-order valence-corrected chi connectivity index (χ1v) is 7.41. The van der Waals surface area contributed by atoms with E-state index in [2.05, 4.69) is 55.5 Å². The lowest BCUT2D eigenvalue weighted by Gasteiger charge is -2.10. The Morgan fingerprint density at radius 1 is 1.21 bits per heavy atom. The molecule has 0 saturated carbocycles. The van der Waals surface area contributed by atoms with E-state index in [4.69, 9.17) is 0 Å². The highest BCUT2D eigenvalue weighted by molar-refractivity contribution is 9.10. The highest BCUT2D eigenvalue weighted by atomic mass is 79.9. The second kappa shape index (κ2) is 4.32. The van der Waals surface area contributed by atoms with Gasteiger partial charge in [0.1, 0.15) is 0 Å². The average molecular weight is 316 g/mol. The van der Waals surface area contributed by atoms with Crippen molar-refractivity contribution in [2.45, 2.75) is 18.9 Å². The molecule has 3 aromatic rings. The van der Waals surface area contributed by atoms with Gasteiger partial charge in [-0.25, -0.2) is 0 Å². The molecule has 2 N–H and O–H groups in total. The first kappa shape index (κ1) is 11.4. The maximum Gasteiger partial charge on any atom is 0.0813 e. The first-order valence-electron chi connectivity index (χ1n) is 6.62. The summed E-state index contributed by atoms with van der Waals surface area (Å²) in [5, 5.41) is 6.06. The van der Waals surface area contributed by atoms with Gasteiger partial charge in [-0.05, 0) is 37.6 Å². The SMILES string of the molecule is Brc1ccc2c(c1)[nH]c1c(C3CCCN3)nccc12. The minimum Gasteiger partial charge on any atom is -0.353 e. The number of fused-ring (bicyclic) bond motifs is 3. The van der Waals surface area contributed by atoms with Crippen molar-refractivity contribution in [3.8, 4) is 0 Å². The van der Waals surface area contributed by atoms with E-state index in [0.29, 0.717) is 6.04 Å². The molecule has 19 heavy (non-hydrogen) atoms. The van der Waals surface area contributed by atoms with Crippen molar-refractivity contribution in [3.63, 3.8) is 0 Å². The van der Waals surface area contributed by atoms with Gasteiger partial charge in [-0.2, -0.15) is 0 Å². The van der Waals surface area contributed by atoms with Gasteiger partial charge in [0.05, 0.1) is 17.3 Å². The third-order valence-corrected chi connectivity index (χ3v) is 4.40. The third kappa shape index (κ3) is 1.78. The van der Waals surface area contributed by atoms with E-state index in [1.165, 1.54) is 29.1 Å². The minimum atomic E-state index is 0.389. The zero-order valence-corrected chi connectivity index (χ0v) is 12.0. The van der Waals surface area contributed by atoms with Crippen LogP contribution >= 0.6 is 15.9 Å². The molecule has 1 fully saturated rings. The maximum atomic E-state index is 4.60. The number of hydrogen-bond acceptors (Lipinski definition) is 2. The number of H-pyrrole nitrogens is 1. The molecule has 1 aliphatic rings. The summed E-state index contributed by atoms with van der Waals surface area (Å²) in [4.78, 5) is 8.13. The van der Waals surface area contributed by atoms with Gasteiger partial charge < -0.3 is 10.3 Å². The van der Waals surface area contributed by atoms with Crippen LogP contribution in [0.4, 0.5) is 0 Å². The van der Waals surface area contributed by atoms with E-state index in [0.717, 1.165) is 22.2 Å². The number of aromatic amines is 1. The Morgan fingerprint density at radius 3 is 3.00 bits per heavy atom. The van der Waals surface area contributed by atoms with Crippen LogP contribution < -0.4 is 5.32 Å². The van der Waals surface area contributed by atoms with E-state index in [1.54, 1.807) is 0 Å². The van der Waals surface area contributed by atoms with Gasteiger partial charge in [0.2, 0.25) is 0 Å². The first-order chi connectivity index (χ1) is 9.33. The molecule has 96 valence electrons. The van der Waals surface area contributed by atoms with Crippen LogP contribution in [0.25, 0.3) is 21.8 Å². The number of halogens is 1. The molecule has 0 bridgehead atoms. The number of benzene rings is 1. The fourth-order valence-corrected chi connectivity index (χ4v) is 3.37. The lowest BCUT2D eigenvalue weighted by Crippen LogP contribution is -2.14. The summed E-state index contributed by atoms with van der Waals surface area (Å²) in [5.41, 5.74) is 3.49. The summed E-state index contributed by atoms with van der Waals surface area (Å²) in [6.07, 6.45) is 4.33. The number of pyridine rings is 1. The summed E-state index contributed by atoms with van der Waals surface area (Å²) in [6, 6.07) is 8.86. The Balaban J connectivity index is 2.02. The molecule has 1 saturated heterocycles. The van der Waals surface area contributed by atoms with E-state index >= 15 is 0 Å². The largest absolute Gasteiger partial charge is 0.353 e. The highest BCUT2D eigenvalue weighted by Crippen LogP contribution is 2.32. The number of rotatable bonds is 1. The lowest BCUT2D eigenvalue weighted by molar-refractivity contribution is 0.633. The zero-order chi connectivity index (χ0) is 12.8. The Labute approximate surface area is 119 Å². The highest BCUT2D eigenvalue weighted by Gasteiger charge is 2.21. The maximum absolute atomic E-state index is 4.60. The van der Waals surface area contributed by atoms with E-state index < -0.39 is 0 Å². The predicted octanol–water partition coefficient (Wildman–Crippen LogP) is 3.90. The van der Waals surface area contributed by atoms with Gasteiger partial charge >= 0.3 is 0 Å². The van der Waals surface area contributed by atoms with E-state index in [-0.39, 0.29) is 0 Å². The van der Waals surface area contributed by atoms with Crippen LogP contribution in [0.5, 0.6) is 0 Å². The van der Waals surface area contributed by atoms with E-state index in [9.17, 15) is 0 Å². The van der Waals surface area contributed by atoms with E-state index in [1.807, 2.05) is 6.20 Å². The molecule has 3 heterocycles. The molecular weight excluding hydrogens is 302 g/mol. The number of aromatic nitrogens is 2. The molecule has 1 aromatic carbocycles. The molecule has 3 nitrogen and oxygen atoms in total. The molecule has 0 aliphatic carbocycles. The van der Waals surface area contributed by atoms with Crippen molar-refractivity contribution in [2.75, 3.05) is 6.54 Å². The monoisotopic (exact) mass is 315 g/mol. The summed E-state index contributed by atoms with van der Waals surface area (Å²) >= 11 is 3.53. The fraction of sp³-hybridized carbons (Fsp3) is 0.267. The zero-order valence-electron chi connectivity index (χ0n) is 10.4. The average Bonchev–Trinajstić information content (AvgIpc) is 3.04. The Bertz CT molecular complexity index is 757. The van der Waals surface area contributed by atoms with Crippen molar-refractivity contribution in [1.82, 2.24) is 15.3 Å². The summed E-state index contributed by atoms with van der Waals surface area (Å²) in [7, 11) is 0. The Kier molecular flexibility index (Phi) is 2.60. The topological polar surface area (TPSA) is 40.7 Å². The van der Waals surface area contributed by atoms with Crippen LogP contribution in [0.1, 0.15) is 24.6 Å². The van der Waals surface area contributed by atoms with Crippen molar-refractivity contribution in [2.24, 2.45) is 0 Å². The molecule has 1 unspecified atom stereocenters. The van der Waals surface area contributed by atoms with Crippen LogP contribution in [-0.2, 0) is 0 Å². The van der Waals surface area contributed by atoms with Gasteiger partial charge in [-0.1, -0.05) is 22.0 Å². The van der Waals surface area contributed by atoms with Crippen LogP contribution in [0.3, 0.4) is 0 Å². The van der Waals surface area contributed by atoms with Crippen molar-refractivity contribution < 1.29 is 0 Å². The molecule has 1 atom stereocenters. The van der Waals surface area contributed by atoms with Gasteiger partial charge in [0, 0.05) is 27.0 Å². The number of nitrogens with one attached hydrogen (secondary N) is 2. The number of nitrogens with zero attached hydrogens (tertiary/aromatic N) is 1.